The maximum Gasteiger partial charge on any atom is 0.194 e. The van der Waals surface area contributed by atoms with Crippen molar-refractivity contribution >= 4 is 5.96 Å². The van der Waals surface area contributed by atoms with Crippen molar-refractivity contribution in [2.75, 3.05) is 20.1 Å². The highest BCUT2D eigenvalue weighted by molar-refractivity contribution is 5.79. The molecule has 1 saturated carbocycles. The predicted molar refractivity (Wildman–Crippen MR) is 75.8 cm³/mol. The van der Waals surface area contributed by atoms with Gasteiger partial charge in [0.15, 0.2) is 5.96 Å². The molecule has 1 fully saturated rings. The molecule has 19 heavy (non-hydrogen) atoms. The molecule has 1 aliphatic rings. The van der Waals surface area contributed by atoms with E-state index in [0.717, 1.165) is 30.8 Å². The van der Waals surface area contributed by atoms with E-state index in [2.05, 4.69) is 32.2 Å². The molecule has 1 N–H and O–H groups in total. The van der Waals surface area contributed by atoms with Gasteiger partial charge in [-0.1, -0.05) is 12.8 Å². The van der Waals surface area contributed by atoms with Crippen molar-refractivity contribution in [1.82, 2.24) is 25.0 Å². The Morgan fingerprint density at radius 1 is 1.58 bits per heavy atom. The second-order valence-corrected chi connectivity index (χ2v) is 5.12. The van der Waals surface area contributed by atoms with Crippen LogP contribution in [-0.2, 0) is 13.6 Å². The van der Waals surface area contributed by atoms with Gasteiger partial charge in [0.05, 0.1) is 6.54 Å². The van der Waals surface area contributed by atoms with Gasteiger partial charge in [-0.25, -0.2) is 4.98 Å². The number of aromatic nitrogens is 3. The van der Waals surface area contributed by atoms with E-state index in [1.807, 2.05) is 14.1 Å². The second kappa shape index (κ2) is 6.54. The van der Waals surface area contributed by atoms with Crippen LogP contribution in [0.25, 0.3) is 0 Å². The average Bonchev–Trinajstić information content (AvgIpc) is 3.13. The van der Waals surface area contributed by atoms with Crippen LogP contribution in [0.5, 0.6) is 0 Å². The lowest BCUT2D eigenvalue weighted by Gasteiger charge is -2.21. The van der Waals surface area contributed by atoms with Gasteiger partial charge in [0.25, 0.3) is 0 Å². The minimum absolute atomic E-state index is 0.714. The Labute approximate surface area is 114 Å². The predicted octanol–water partition coefficient (Wildman–Crippen LogP) is 1.01. The first-order valence-electron chi connectivity index (χ1n) is 7.03. The molecule has 0 saturated heterocycles. The maximum atomic E-state index is 4.68. The first-order valence-corrected chi connectivity index (χ1v) is 7.03. The summed E-state index contributed by atoms with van der Waals surface area (Å²) in [6.07, 6.45) is 5.58. The molecule has 0 bridgehead atoms. The minimum atomic E-state index is 0.714. The molecule has 1 aliphatic carbocycles. The zero-order valence-corrected chi connectivity index (χ0v) is 12.1. The van der Waals surface area contributed by atoms with Crippen LogP contribution in [0.3, 0.4) is 0 Å². The summed E-state index contributed by atoms with van der Waals surface area (Å²) in [4.78, 5) is 11.0. The third-order valence-corrected chi connectivity index (χ3v) is 3.38. The largest absolute Gasteiger partial charge is 0.357 e. The summed E-state index contributed by atoms with van der Waals surface area (Å²) in [6, 6.07) is 0. The Hall–Kier alpha value is -1.59. The number of aliphatic imine (C=N–C) groups is 1. The van der Waals surface area contributed by atoms with Crippen molar-refractivity contribution in [2.24, 2.45) is 18.0 Å². The van der Waals surface area contributed by atoms with Gasteiger partial charge in [-0.15, -0.1) is 0 Å². The standard InChI is InChI=1S/C13H24N6/c1-4-14-13(15-8-7-11-5-6-11)18(2)9-12-16-10-17-19(12)3/h10-11H,4-9H2,1-3H3,(H,14,15). The van der Waals surface area contributed by atoms with Crippen LogP contribution < -0.4 is 5.32 Å². The number of aryl methyl sites for hydroxylation is 1. The lowest BCUT2D eigenvalue weighted by Crippen LogP contribution is -2.39. The summed E-state index contributed by atoms with van der Waals surface area (Å²) in [7, 11) is 3.95. The molecule has 6 heteroatoms. The smallest absolute Gasteiger partial charge is 0.194 e. The highest BCUT2D eigenvalue weighted by Gasteiger charge is 2.20. The van der Waals surface area contributed by atoms with Gasteiger partial charge in [0.1, 0.15) is 12.2 Å². The number of hydrogen-bond acceptors (Lipinski definition) is 3. The summed E-state index contributed by atoms with van der Waals surface area (Å²) in [5, 5.41) is 7.41. The van der Waals surface area contributed by atoms with Gasteiger partial charge >= 0.3 is 0 Å². The fraction of sp³-hybridized carbons (Fsp3) is 0.769. The van der Waals surface area contributed by atoms with Gasteiger partial charge in [-0.3, -0.25) is 9.67 Å². The SMILES string of the molecule is CCNC(=NCCC1CC1)N(C)Cc1ncnn1C. The third kappa shape index (κ3) is 4.22. The first kappa shape index (κ1) is 13.8. The maximum absolute atomic E-state index is 4.68. The first-order chi connectivity index (χ1) is 9.20. The van der Waals surface area contributed by atoms with Crippen LogP contribution in [0, 0.1) is 5.92 Å². The molecular weight excluding hydrogens is 240 g/mol. The van der Waals surface area contributed by atoms with Crippen molar-refractivity contribution in [3.8, 4) is 0 Å². The Bertz CT molecular complexity index is 421. The van der Waals surface area contributed by atoms with E-state index in [1.54, 1.807) is 11.0 Å². The fourth-order valence-corrected chi connectivity index (χ4v) is 1.98. The number of nitrogens with one attached hydrogen (secondary N) is 1. The van der Waals surface area contributed by atoms with Crippen molar-refractivity contribution < 1.29 is 0 Å². The van der Waals surface area contributed by atoms with Crippen molar-refractivity contribution in [2.45, 2.75) is 32.7 Å². The molecular formula is C13H24N6. The van der Waals surface area contributed by atoms with Gasteiger partial charge in [0, 0.05) is 27.2 Å². The number of rotatable bonds is 6. The highest BCUT2D eigenvalue weighted by atomic mass is 15.4. The topological polar surface area (TPSA) is 58.3 Å². The molecule has 1 aromatic heterocycles. The molecule has 0 aliphatic heterocycles. The third-order valence-electron chi connectivity index (χ3n) is 3.38. The van der Waals surface area contributed by atoms with E-state index in [1.165, 1.54) is 19.3 Å². The van der Waals surface area contributed by atoms with Gasteiger partial charge < -0.3 is 10.2 Å². The molecule has 6 nitrogen and oxygen atoms in total. The Kier molecular flexibility index (Phi) is 4.76. The van der Waals surface area contributed by atoms with Gasteiger partial charge in [0.2, 0.25) is 0 Å². The summed E-state index contributed by atoms with van der Waals surface area (Å²) in [6.45, 7) is 4.60. The van der Waals surface area contributed by atoms with Crippen LogP contribution in [0.4, 0.5) is 0 Å². The van der Waals surface area contributed by atoms with Crippen LogP contribution in [0.15, 0.2) is 11.3 Å². The van der Waals surface area contributed by atoms with Crippen molar-refractivity contribution in [1.29, 1.82) is 0 Å². The van der Waals surface area contributed by atoms with Crippen molar-refractivity contribution in [3.63, 3.8) is 0 Å². The molecule has 0 amide bonds. The molecule has 0 atom stereocenters. The van der Waals surface area contributed by atoms with E-state index in [0.29, 0.717) is 6.54 Å². The van der Waals surface area contributed by atoms with Crippen LogP contribution in [0.1, 0.15) is 32.0 Å². The average molecular weight is 264 g/mol. The monoisotopic (exact) mass is 264 g/mol. The molecule has 1 heterocycles. The zero-order chi connectivity index (χ0) is 13.7. The Morgan fingerprint density at radius 2 is 2.37 bits per heavy atom. The summed E-state index contributed by atoms with van der Waals surface area (Å²) >= 11 is 0. The van der Waals surface area contributed by atoms with E-state index in [4.69, 9.17) is 0 Å². The summed E-state index contributed by atoms with van der Waals surface area (Å²) in [5.41, 5.74) is 0. The number of guanidine groups is 1. The normalized spacial score (nSPS) is 15.6. The molecule has 0 spiro atoms. The Morgan fingerprint density at radius 3 is 2.95 bits per heavy atom. The van der Waals surface area contributed by atoms with Gasteiger partial charge in [-0.05, 0) is 19.3 Å². The number of nitrogens with zero attached hydrogens (tertiary/aromatic N) is 5. The molecule has 2 rings (SSSR count). The van der Waals surface area contributed by atoms with Crippen LogP contribution in [0.2, 0.25) is 0 Å². The quantitative estimate of drug-likeness (QED) is 0.615. The Balaban J connectivity index is 1.90. The van der Waals surface area contributed by atoms with Gasteiger partial charge in [-0.2, -0.15) is 5.10 Å². The van der Waals surface area contributed by atoms with Crippen LogP contribution >= 0.6 is 0 Å². The second-order valence-electron chi connectivity index (χ2n) is 5.12. The summed E-state index contributed by atoms with van der Waals surface area (Å²) in [5.74, 6) is 2.82. The number of hydrogen-bond donors (Lipinski definition) is 1. The van der Waals surface area contributed by atoms with E-state index in [9.17, 15) is 0 Å². The van der Waals surface area contributed by atoms with Crippen molar-refractivity contribution in [3.05, 3.63) is 12.2 Å². The molecule has 1 aromatic rings. The fourth-order valence-electron chi connectivity index (χ4n) is 1.98. The van der Waals surface area contributed by atoms with Crippen LogP contribution in [-0.4, -0.2) is 45.8 Å². The molecule has 0 aromatic carbocycles. The lowest BCUT2D eigenvalue weighted by molar-refractivity contribution is 0.448. The minimum Gasteiger partial charge on any atom is -0.357 e. The molecule has 0 radical (unpaired) electrons. The highest BCUT2D eigenvalue weighted by Crippen LogP contribution is 2.32. The summed E-state index contributed by atoms with van der Waals surface area (Å²) < 4.78 is 1.80. The van der Waals surface area contributed by atoms with E-state index >= 15 is 0 Å². The van der Waals surface area contributed by atoms with E-state index in [-0.39, 0.29) is 0 Å². The zero-order valence-electron chi connectivity index (χ0n) is 12.1. The van der Waals surface area contributed by atoms with E-state index < -0.39 is 0 Å². The lowest BCUT2D eigenvalue weighted by atomic mass is 10.3. The molecule has 0 unspecified atom stereocenters. The molecule has 106 valence electrons.